The van der Waals surface area contributed by atoms with Gasteiger partial charge in [0.1, 0.15) is 17.1 Å². The minimum Gasteiger partial charge on any atom is -0.495 e. The molecular weight excluding hydrogens is 375 g/mol. The number of fused-ring (bicyclic) bond motifs is 4. The topological polar surface area (TPSA) is 70.6 Å². The monoisotopic (exact) mass is 395 g/mol. The van der Waals surface area contributed by atoms with E-state index in [2.05, 4.69) is 15.3 Å². The van der Waals surface area contributed by atoms with Gasteiger partial charge in [-0.3, -0.25) is 4.79 Å². The SMILES string of the molecule is COc1ccc2cc1Nc1ncc(C(F)(F)F)c(n1)N(C)CCCN(C)C2=O. The number of rotatable bonds is 1. The quantitative estimate of drug-likeness (QED) is 0.800. The Balaban J connectivity index is 2.13. The Hall–Kier alpha value is -3.04. The van der Waals surface area contributed by atoms with E-state index in [0.29, 0.717) is 30.0 Å². The number of nitrogens with zero attached hydrogens (tertiary/aromatic N) is 4. The molecule has 1 aliphatic rings. The lowest BCUT2D eigenvalue weighted by Crippen LogP contribution is -2.31. The predicted molar refractivity (Wildman–Crippen MR) is 98.2 cm³/mol. The number of nitrogens with one attached hydrogen (secondary N) is 1. The van der Waals surface area contributed by atoms with E-state index in [1.165, 1.54) is 24.0 Å². The van der Waals surface area contributed by atoms with Crippen LogP contribution in [0.5, 0.6) is 5.75 Å². The van der Waals surface area contributed by atoms with Crippen molar-refractivity contribution >= 4 is 23.4 Å². The second-order valence-electron chi connectivity index (χ2n) is 6.47. The third-order valence-electron chi connectivity index (χ3n) is 4.46. The van der Waals surface area contributed by atoms with Gasteiger partial charge in [-0.15, -0.1) is 0 Å². The molecule has 1 aromatic carbocycles. The van der Waals surface area contributed by atoms with Crippen molar-refractivity contribution in [3.05, 3.63) is 35.5 Å². The maximum absolute atomic E-state index is 13.4. The van der Waals surface area contributed by atoms with Crippen molar-refractivity contribution in [1.29, 1.82) is 0 Å². The standard InChI is InChI=1S/C18H20F3N5O2/c1-25-7-4-8-26(2)16(27)11-5-6-14(28-3)13(9-11)23-17-22-10-12(15(25)24-17)18(19,20)21/h5-6,9-10H,4,7-8H2,1-3H3,(H,22,23,24). The zero-order valence-electron chi connectivity index (χ0n) is 15.7. The van der Waals surface area contributed by atoms with E-state index in [9.17, 15) is 18.0 Å². The third-order valence-corrected chi connectivity index (χ3v) is 4.46. The summed E-state index contributed by atoms with van der Waals surface area (Å²) in [7, 11) is 4.64. The highest BCUT2D eigenvalue weighted by molar-refractivity contribution is 5.95. The van der Waals surface area contributed by atoms with E-state index in [1.54, 1.807) is 25.2 Å². The molecule has 1 aromatic heterocycles. The van der Waals surface area contributed by atoms with Crippen molar-refractivity contribution in [2.75, 3.05) is 44.5 Å². The maximum Gasteiger partial charge on any atom is 0.421 e. The van der Waals surface area contributed by atoms with Crippen LogP contribution in [0.2, 0.25) is 0 Å². The number of carbonyl (C=O) groups excluding carboxylic acids is 1. The van der Waals surface area contributed by atoms with E-state index < -0.39 is 11.7 Å². The van der Waals surface area contributed by atoms with Crippen LogP contribution in [0.25, 0.3) is 0 Å². The first-order valence-corrected chi connectivity index (χ1v) is 8.56. The molecule has 2 aromatic rings. The second kappa shape index (κ2) is 7.53. The van der Waals surface area contributed by atoms with E-state index >= 15 is 0 Å². The largest absolute Gasteiger partial charge is 0.495 e. The van der Waals surface area contributed by atoms with Crippen molar-refractivity contribution in [3.8, 4) is 5.75 Å². The lowest BCUT2D eigenvalue weighted by Gasteiger charge is -2.23. The minimum atomic E-state index is -4.58. The molecule has 0 atom stereocenters. The molecule has 0 aliphatic carbocycles. The summed E-state index contributed by atoms with van der Waals surface area (Å²) in [5, 5.41) is 2.86. The first-order valence-electron chi connectivity index (χ1n) is 8.56. The second-order valence-corrected chi connectivity index (χ2v) is 6.47. The molecule has 28 heavy (non-hydrogen) atoms. The molecule has 0 saturated carbocycles. The number of hydrogen-bond donors (Lipinski definition) is 1. The maximum atomic E-state index is 13.4. The Labute approximate surface area is 160 Å². The average molecular weight is 395 g/mol. The van der Waals surface area contributed by atoms with Gasteiger partial charge in [0, 0.05) is 38.9 Å². The fourth-order valence-corrected chi connectivity index (χ4v) is 2.96. The summed E-state index contributed by atoms with van der Waals surface area (Å²) in [6.45, 7) is 0.676. The molecule has 1 amide bonds. The fraction of sp³-hybridized carbons (Fsp3) is 0.389. The molecule has 3 rings (SSSR count). The Kier molecular flexibility index (Phi) is 5.30. The van der Waals surface area contributed by atoms with Gasteiger partial charge in [0.25, 0.3) is 5.91 Å². The van der Waals surface area contributed by atoms with E-state index in [4.69, 9.17) is 4.74 Å². The summed E-state index contributed by atoms with van der Waals surface area (Å²) in [6, 6.07) is 4.81. The van der Waals surface area contributed by atoms with Crippen LogP contribution in [0.3, 0.4) is 0 Å². The summed E-state index contributed by atoms with van der Waals surface area (Å²) in [6.07, 6.45) is -3.35. The van der Waals surface area contributed by atoms with Crippen molar-refractivity contribution in [3.63, 3.8) is 0 Å². The van der Waals surface area contributed by atoms with Gasteiger partial charge in [-0.25, -0.2) is 4.98 Å². The number of halogens is 3. The van der Waals surface area contributed by atoms with Crippen LogP contribution in [-0.4, -0.2) is 55.1 Å². The van der Waals surface area contributed by atoms with Gasteiger partial charge >= 0.3 is 6.18 Å². The Morgan fingerprint density at radius 3 is 2.57 bits per heavy atom. The van der Waals surface area contributed by atoms with E-state index in [-0.39, 0.29) is 24.2 Å². The van der Waals surface area contributed by atoms with E-state index in [1.807, 2.05) is 0 Å². The van der Waals surface area contributed by atoms with Gasteiger partial charge in [0.2, 0.25) is 5.95 Å². The highest BCUT2D eigenvalue weighted by Crippen LogP contribution is 2.36. The lowest BCUT2D eigenvalue weighted by atomic mass is 10.1. The molecule has 7 nitrogen and oxygen atoms in total. The van der Waals surface area contributed by atoms with E-state index in [0.717, 1.165) is 6.20 Å². The van der Waals surface area contributed by atoms with Gasteiger partial charge in [0.05, 0.1) is 12.8 Å². The highest BCUT2D eigenvalue weighted by atomic mass is 19.4. The number of alkyl halides is 3. The third kappa shape index (κ3) is 3.95. The summed E-state index contributed by atoms with van der Waals surface area (Å²) in [5.41, 5.74) is -0.111. The van der Waals surface area contributed by atoms with Crippen LogP contribution >= 0.6 is 0 Å². The number of ether oxygens (including phenoxy) is 1. The summed E-state index contributed by atoms with van der Waals surface area (Å²) in [4.78, 5) is 23.5. The molecule has 0 spiro atoms. The summed E-state index contributed by atoms with van der Waals surface area (Å²) in [5.74, 6) is -0.0395. The molecule has 150 valence electrons. The molecule has 2 heterocycles. The summed E-state index contributed by atoms with van der Waals surface area (Å²) < 4.78 is 45.5. The minimum absolute atomic E-state index is 0.0228. The Bertz CT molecular complexity index is 888. The number of methoxy groups -OCH3 is 1. The van der Waals surface area contributed by atoms with Crippen molar-refractivity contribution in [2.24, 2.45) is 0 Å². The smallest absolute Gasteiger partial charge is 0.421 e. The van der Waals surface area contributed by atoms with Crippen LogP contribution in [0.15, 0.2) is 24.4 Å². The molecule has 0 radical (unpaired) electrons. The number of hydrogen-bond acceptors (Lipinski definition) is 6. The van der Waals surface area contributed by atoms with Gasteiger partial charge in [-0.2, -0.15) is 18.2 Å². The predicted octanol–water partition coefficient (Wildman–Crippen LogP) is 3.16. The molecule has 0 fully saturated rings. The molecule has 1 N–H and O–H groups in total. The first-order chi connectivity index (χ1) is 13.2. The fourth-order valence-electron chi connectivity index (χ4n) is 2.96. The molecular formula is C18H20F3N5O2. The molecule has 4 bridgehead atoms. The molecule has 1 aliphatic heterocycles. The Morgan fingerprint density at radius 2 is 1.89 bits per heavy atom. The number of amides is 1. The molecule has 10 heteroatoms. The van der Waals surface area contributed by atoms with Crippen molar-refractivity contribution < 1.29 is 22.7 Å². The average Bonchev–Trinajstić information content (AvgIpc) is 2.65. The van der Waals surface area contributed by atoms with Crippen LogP contribution < -0.4 is 15.0 Å². The van der Waals surface area contributed by atoms with Crippen molar-refractivity contribution in [2.45, 2.75) is 12.6 Å². The van der Waals surface area contributed by atoms with Gasteiger partial charge in [0.15, 0.2) is 0 Å². The number of carbonyl (C=O) groups is 1. The lowest BCUT2D eigenvalue weighted by molar-refractivity contribution is -0.137. The normalized spacial score (nSPS) is 15.3. The van der Waals surface area contributed by atoms with Gasteiger partial charge in [-0.1, -0.05) is 0 Å². The Morgan fingerprint density at radius 1 is 1.18 bits per heavy atom. The van der Waals surface area contributed by atoms with Crippen molar-refractivity contribution in [1.82, 2.24) is 14.9 Å². The molecule has 0 unspecified atom stereocenters. The van der Waals surface area contributed by atoms with Crippen LogP contribution in [0.1, 0.15) is 22.3 Å². The van der Waals surface area contributed by atoms with Crippen LogP contribution in [0.4, 0.5) is 30.6 Å². The zero-order chi connectivity index (χ0) is 20.5. The van der Waals surface area contributed by atoms with Gasteiger partial charge in [-0.05, 0) is 24.6 Å². The number of benzene rings is 1. The zero-order valence-corrected chi connectivity index (χ0v) is 15.7. The number of anilines is 3. The summed E-state index contributed by atoms with van der Waals surface area (Å²) >= 11 is 0. The first kappa shape index (κ1) is 19.7. The van der Waals surface area contributed by atoms with Crippen LogP contribution in [0, 0.1) is 0 Å². The highest BCUT2D eigenvalue weighted by Gasteiger charge is 2.36. The molecule has 0 saturated heterocycles. The van der Waals surface area contributed by atoms with Crippen LogP contribution in [-0.2, 0) is 6.18 Å². The number of aromatic nitrogens is 2. The van der Waals surface area contributed by atoms with Gasteiger partial charge < -0.3 is 19.9 Å².